The van der Waals surface area contributed by atoms with Crippen molar-refractivity contribution >= 4 is 63.0 Å². The number of rotatable bonds is 17. The minimum atomic E-state index is -1.43. The fourth-order valence-corrected chi connectivity index (χ4v) is 13.9. The van der Waals surface area contributed by atoms with Crippen LogP contribution >= 0.6 is 15.9 Å². The summed E-state index contributed by atoms with van der Waals surface area (Å²) in [4.78, 5) is 87.0. The van der Waals surface area contributed by atoms with E-state index in [2.05, 4.69) is 44.1 Å². The number of aliphatic hydroxyl groups is 2. The maximum atomic E-state index is 14.0. The third-order valence-corrected chi connectivity index (χ3v) is 17.1. The highest BCUT2D eigenvalue weighted by Crippen LogP contribution is 2.71. The van der Waals surface area contributed by atoms with Crippen LogP contribution in [0.1, 0.15) is 94.6 Å². The number of halogens is 1. The predicted octanol–water partition coefficient (Wildman–Crippen LogP) is 4.48. The number of carboxylic acid groups (broad SMARTS) is 1. The molecule has 2 aromatic carbocycles. The van der Waals surface area contributed by atoms with Gasteiger partial charge in [-0.05, 0) is 110 Å². The Morgan fingerprint density at radius 1 is 0.971 bits per heavy atom. The first-order chi connectivity index (χ1) is 32.8. The molecule has 2 bridgehead atoms. The number of aliphatic hydroxyl groups excluding tert-OH is 2. The average Bonchev–Trinajstić information content (AvgIpc) is 3.80. The highest BCUT2D eigenvalue weighted by molar-refractivity contribution is 9.09. The summed E-state index contributed by atoms with van der Waals surface area (Å²) >= 11 is 2.98. The molecule has 368 valence electrons. The molecule has 6 saturated carbocycles. The SMILES string of the molecule is C[C@]12C=CC(=O)C=C1CC[C@@H]1[C@@H]2[C@@H](O)C[C@@]2(C)[C@H]1C[C@H]1O[C@@H](c3ccc(CC45CC(NC(=O)OCc6ccc(NC(=O)[C@H](CCC(=O)O)NC(=O)CNC(=O)CBr)cc6)(C4)C5)cc3)O[C@]12C(=O)CO. The molecule has 10 atom stereocenters. The van der Waals surface area contributed by atoms with Crippen LogP contribution in [0, 0.1) is 34.0 Å². The van der Waals surface area contributed by atoms with E-state index in [0.29, 0.717) is 24.1 Å². The van der Waals surface area contributed by atoms with Crippen LogP contribution in [0.5, 0.6) is 0 Å². The monoisotopic (exact) mass is 1010 g/mol. The van der Waals surface area contributed by atoms with Crippen LogP contribution in [0.2, 0.25) is 0 Å². The highest BCUT2D eigenvalue weighted by atomic mass is 79.9. The van der Waals surface area contributed by atoms with Crippen molar-refractivity contribution in [3.8, 4) is 0 Å². The Hall–Kier alpha value is -5.27. The minimum absolute atomic E-state index is 0.00507. The summed E-state index contributed by atoms with van der Waals surface area (Å²) in [6.07, 6.45) is 7.70. The quantitative estimate of drug-likeness (QED) is 0.108. The Labute approximate surface area is 407 Å². The van der Waals surface area contributed by atoms with Gasteiger partial charge in [0.2, 0.25) is 17.7 Å². The molecule has 69 heavy (non-hydrogen) atoms. The number of carbonyl (C=O) groups excluding carboxylic acids is 6. The van der Waals surface area contributed by atoms with Gasteiger partial charge in [0.05, 0.1) is 24.1 Å². The normalized spacial score (nSPS) is 34.7. The van der Waals surface area contributed by atoms with Crippen LogP contribution in [0.3, 0.4) is 0 Å². The van der Waals surface area contributed by atoms with Gasteiger partial charge in [-0.1, -0.05) is 77.8 Å². The molecule has 2 aromatic rings. The van der Waals surface area contributed by atoms with Gasteiger partial charge in [-0.25, -0.2) is 4.79 Å². The van der Waals surface area contributed by atoms with Crippen LogP contribution in [0.15, 0.2) is 72.3 Å². The van der Waals surface area contributed by atoms with Gasteiger partial charge in [-0.2, -0.15) is 0 Å². The summed E-state index contributed by atoms with van der Waals surface area (Å²) in [5.74, 6) is -3.34. The first-order valence-electron chi connectivity index (χ1n) is 23.7. The second kappa shape index (κ2) is 18.5. The van der Waals surface area contributed by atoms with E-state index in [0.717, 1.165) is 55.2 Å². The number of anilines is 1. The number of nitrogens with one attached hydrogen (secondary N) is 4. The number of Topliss-reactive ketones (excluding diaryl/α,β-unsaturated/α-hetero) is 1. The fraction of sp³-hybridized carbons (Fsp3) is 0.549. The lowest BCUT2D eigenvalue weighted by atomic mass is 9.38. The zero-order valence-electron chi connectivity index (χ0n) is 38.6. The molecule has 7 N–H and O–H groups in total. The number of carbonyl (C=O) groups is 7. The number of carboxylic acids is 1. The maximum absolute atomic E-state index is 14.0. The first kappa shape index (κ1) is 48.7. The molecule has 17 nitrogen and oxygen atoms in total. The molecule has 1 aliphatic heterocycles. The molecule has 0 spiro atoms. The van der Waals surface area contributed by atoms with Gasteiger partial charge in [0.1, 0.15) is 19.3 Å². The number of allylic oxidation sites excluding steroid dienone is 4. The Kier molecular flexibility index (Phi) is 13.1. The molecule has 8 aliphatic rings. The minimum Gasteiger partial charge on any atom is -0.481 e. The number of fused-ring (bicyclic) bond motifs is 7. The summed E-state index contributed by atoms with van der Waals surface area (Å²) in [6.45, 7) is 3.05. The second-order valence-corrected chi connectivity index (χ2v) is 21.5. The van der Waals surface area contributed by atoms with Crippen molar-refractivity contribution in [1.29, 1.82) is 0 Å². The van der Waals surface area contributed by atoms with Gasteiger partial charge < -0.3 is 50.8 Å². The number of hydrogen-bond donors (Lipinski definition) is 7. The first-order valence-corrected chi connectivity index (χ1v) is 24.8. The summed E-state index contributed by atoms with van der Waals surface area (Å²) in [5.41, 5.74) is 1.05. The summed E-state index contributed by atoms with van der Waals surface area (Å²) in [7, 11) is 0. The third kappa shape index (κ3) is 8.85. The van der Waals surface area contributed by atoms with E-state index in [1.54, 1.807) is 36.4 Å². The van der Waals surface area contributed by atoms with Gasteiger partial charge in [0.25, 0.3) is 0 Å². The lowest BCUT2D eigenvalue weighted by Crippen LogP contribution is -2.75. The van der Waals surface area contributed by atoms with Crippen molar-refractivity contribution in [2.75, 3.05) is 23.8 Å². The van der Waals surface area contributed by atoms with Crippen LogP contribution < -0.4 is 21.3 Å². The zero-order valence-corrected chi connectivity index (χ0v) is 40.2. The zero-order chi connectivity index (χ0) is 49.1. The molecule has 0 aromatic heterocycles. The summed E-state index contributed by atoms with van der Waals surface area (Å²) in [5, 5.41) is 42.0. The molecule has 4 amide bonds. The van der Waals surface area contributed by atoms with Crippen molar-refractivity contribution in [3.05, 3.63) is 89.0 Å². The molecule has 10 rings (SSSR count). The third-order valence-electron chi connectivity index (χ3n) is 16.6. The molecular weight excluding hydrogens is 956 g/mol. The number of amides is 4. The Morgan fingerprint density at radius 2 is 1.68 bits per heavy atom. The number of hydrogen-bond acceptors (Lipinski definition) is 12. The van der Waals surface area contributed by atoms with Crippen LogP contribution in [0.25, 0.3) is 0 Å². The highest BCUT2D eigenvalue weighted by Gasteiger charge is 2.76. The van der Waals surface area contributed by atoms with Crippen molar-refractivity contribution < 1.29 is 63.1 Å². The Morgan fingerprint density at radius 3 is 2.36 bits per heavy atom. The smallest absolute Gasteiger partial charge is 0.407 e. The van der Waals surface area contributed by atoms with Crippen LogP contribution in [-0.4, -0.2) is 105 Å². The topological polar surface area (TPSA) is 256 Å². The van der Waals surface area contributed by atoms with E-state index < -0.39 is 83.1 Å². The lowest BCUT2D eigenvalue weighted by Gasteiger charge is -2.70. The molecule has 1 heterocycles. The Balaban J connectivity index is 0.746. The molecule has 1 saturated heterocycles. The van der Waals surface area contributed by atoms with Gasteiger partial charge in [-0.3, -0.25) is 28.8 Å². The summed E-state index contributed by atoms with van der Waals surface area (Å²) in [6, 6.07) is 13.4. The van der Waals surface area contributed by atoms with Crippen molar-refractivity contribution in [2.24, 2.45) is 34.0 Å². The van der Waals surface area contributed by atoms with Crippen LogP contribution in [0.4, 0.5) is 10.5 Å². The van der Waals surface area contributed by atoms with E-state index >= 15 is 0 Å². The second-order valence-electron chi connectivity index (χ2n) is 20.9. The van der Waals surface area contributed by atoms with Gasteiger partial charge in [0, 0.05) is 40.0 Å². The number of ketones is 2. The molecule has 0 unspecified atom stereocenters. The predicted molar refractivity (Wildman–Crippen MR) is 250 cm³/mol. The molecule has 0 radical (unpaired) electrons. The maximum Gasteiger partial charge on any atom is 0.407 e. The van der Waals surface area contributed by atoms with Gasteiger partial charge in [0.15, 0.2) is 23.5 Å². The molecule has 7 fully saturated rings. The van der Waals surface area contributed by atoms with Crippen molar-refractivity contribution in [1.82, 2.24) is 16.0 Å². The number of alkyl carbamates (subject to hydrolysis) is 1. The van der Waals surface area contributed by atoms with Gasteiger partial charge in [-0.15, -0.1) is 0 Å². The largest absolute Gasteiger partial charge is 0.481 e. The van der Waals surface area contributed by atoms with E-state index in [9.17, 15) is 43.8 Å². The lowest BCUT2D eigenvalue weighted by molar-refractivity contribution is -0.201. The summed E-state index contributed by atoms with van der Waals surface area (Å²) < 4.78 is 19.0. The number of ether oxygens (including phenoxy) is 3. The number of benzene rings is 2. The molecular formula is C51H59BrN4O13. The number of aliphatic carboxylic acids is 1. The van der Waals surface area contributed by atoms with Crippen molar-refractivity contribution in [3.63, 3.8) is 0 Å². The fourth-order valence-electron chi connectivity index (χ4n) is 13.7. The average molecular weight is 1020 g/mol. The molecule has 7 aliphatic carbocycles. The van der Waals surface area contributed by atoms with E-state index in [1.165, 1.54) is 0 Å². The van der Waals surface area contributed by atoms with E-state index in [1.807, 2.05) is 37.3 Å². The van der Waals surface area contributed by atoms with E-state index in [4.69, 9.17) is 19.3 Å². The standard InChI is InChI=1S/C51H59BrN4O13/c1-47-16-15-33(58)17-31(47)9-12-34-35-18-39-51(38(60)23-57,48(35,2)20-37(59)43(34)47)69-45(68-39)30-7-3-28(4-8-30)19-49-25-50(26-49,27-49)56-46(66)67-24-29-5-10-32(11-6-29)54-44(65)36(13-14-42(63)64)55-41(62)22-53-40(61)21-52/h3-8,10-11,15-17,34-37,39,43,45,57,59H,9,12-14,18-27H2,1-2H3,(H,53,61)(H,54,65)(H,55,62)(H,56,66)(H,63,64)/t34-,35-,36-,37-,39+,43+,45+,47-,48-,49?,50?,51+/m0/s1. The number of alkyl halides is 1. The van der Waals surface area contributed by atoms with Crippen LogP contribution in [-0.2, 0) is 56.0 Å². The Bertz CT molecular complexity index is 2480. The van der Waals surface area contributed by atoms with Crippen molar-refractivity contribution in [2.45, 2.75) is 120 Å². The van der Waals surface area contributed by atoms with E-state index in [-0.39, 0.29) is 65.8 Å². The van der Waals surface area contributed by atoms with Gasteiger partial charge >= 0.3 is 12.1 Å². The molecule has 18 heteroatoms.